The highest BCUT2D eigenvalue weighted by molar-refractivity contribution is 6.00. The predicted molar refractivity (Wildman–Crippen MR) is 132 cm³/mol. The van der Waals surface area contributed by atoms with Gasteiger partial charge in [-0.2, -0.15) is 0 Å². The van der Waals surface area contributed by atoms with E-state index < -0.39 is 11.9 Å². The van der Waals surface area contributed by atoms with E-state index in [9.17, 15) is 30.0 Å². The van der Waals surface area contributed by atoms with Gasteiger partial charge in [0, 0.05) is 11.1 Å². The smallest absolute Gasteiger partial charge is 0.336 e. The van der Waals surface area contributed by atoms with Crippen LogP contribution in [0.4, 0.5) is 0 Å². The maximum absolute atomic E-state index is 12.1. The number of aromatic hydroxyl groups is 2. The highest BCUT2D eigenvalue weighted by Crippen LogP contribution is 2.41. The third kappa shape index (κ3) is 4.36. The van der Waals surface area contributed by atoms with Crippen LogP contribution < -0.4 is 0 Å². The molecule has 0 aliphatic heterocycles. The van der Waals surface area contributed by atoms with Crippen LogP contribution >= 0.6 is 0 Å². The number of unbranched alkanes of at least 4 members (excludes halogenated alkanes) is 1. The summed E-state index contributed by atoms with van der Waals surface area (Å²) in [7, 11) is 0. The Morgan fingerprint density at radius 3 is 1.76 bits per heavy atom. The first-order chi connectivity index (χ1) is 16.0. The summed E-state index contributed by atoms with van der Waals surface area (Å²) >= 11 is 0. The lowest BCUT2D eigenvalue weighted by atomic mass is 9.85. The van der Waals surface area contributed by atoms with E-state index in [0.29, 0.717) is 50.9 Å². The summed E-state index contributed by atoms with van der Waals surface area (Å²) in [5.74, 6) is -2.07. The molecule has 0 atom stereocenters. The van der Waals surface area contributed by atoms with Gasteiger partial charge in [-0.1, -0.05) is 31.5 Å². The van der Waals surface area contributed by atoms with Gasteiger partial charge < -0.3 is 20.4 Å². The van der Waals surface area contributed by atoms with Crippen molar-refractivity contribution in [1.29, 1.82) is 0 Å². The molecular formula is C28H30O6. The molecule has 0 aliphatic rings. The number of carbonyl (C=O) groups is 2. The van der Waals surface area contributed by atoms with Gasteiger partial charge in [-0.25, -0.2) is 9.59 Å². The van der Waals surface area contributed by atoms with Crippen LogP contribution in [0.1, 0.15) is 68.3 Å². The monoisotopic (exact) mass is 462 g/mol. The minimum absolute atomic E-state index is 0.0478. The van der Waals surface area contributed by atoms with Crippen molar-refractivity contribution in [2.75, 3.05) is 0 Å². The van der Waals surface area contributed by atoms with Crippen molar-refractivity contribution >= 4 is 11.9 Å². The first kappa shape index (κ1) is 24.8. The van der Waals surface area contributed by atoms with Gasteiger partial charge in [-0.15, -0.1) is 0 Å². The maximum Gasteiger partial charge on any atom is 0.336 e. The molecule has 3 aromatic rings. The normalized spacial score (nSPS) is 11.0. The van der Waals surface area contributed by atoms with Gasteiger partial charge in [0.2, 0.25) is 0 Å². The minimum Gasteiger partial charge on any atom is -0.507 e. The minimum atomic E-state index is -1.09. The molecule has 34 heavy (non-hydrogen) atoms. The van der Waals surface area contributed by atoms with E-state index in [1.807, 2.05) is 6.07 Å². The largest absolute Gasteiger partial charge is 0.507 e. The number of rotatable bonds is 7. The summed E-state index contributed by atoms with van der Waals surface area (Å²) in [5.41, 5.74) is 5.19. The van der Waals surface area contributed by atoms with Gasteiger partial charge in [-0.05, 0) is 91.6 Å². The summed E-state index contributed by atoms with van der Waals surface area (Å²) in [6.45, 7) is 8.77. The Morgan fingerprint density at radius 1 is 0.765 bits per heavy atom. The van der Waals surface area contributed by atoms with Crippen molar-refractivity contribution in [3.63, 3.8) is 0 Å². The van der Waals surface area contributed by atoms with Crippen molar-refractivity contribution in [3.05, 3.63) is 69.3 Å². The average Bonchev–Trinajstić information content (AvgIpc) is 2.79. The van der Waals surface area contributed by atoms with E-state index in [1.165, 1.54) is 12.1 Å². The molecule has 0 spiro atoms. The first-order valence-electron chi connectivity index (χ1n) is 11.3. The highest BCUT2D eigenvalue weighted by atomic mass is 16.4. The Labute approximate surface area is 199 Å². The maximum atomic E-state index is 12.1. The van der Waals surface area contributed by atoms with E-state index >= 15 is 0 Å². The topological polar surface area (TPSA) is 115 Å². The molecule has 0 saturated heterocycles. The molecule has 178 valence electrons. The second-order valence-electron chi connectivity index (χ2n) is 8.77. The summed E-state index contributed by atoms with van der Waals surface area (Å²) in [4.78, 5) is 24.1. The van der Waals surface area contributed by atoms with Crippen LogP contribution in [0.5, 0.6) is 11.5 Å². The predicted octanol–water partition coefficient (Wildman–Crippen LogP) is 6.40. The SMILES string of the molecule is CCCCc1cc(-c2c(C(=O)O)cc(C)c(O)c2C)ccc1-c1c(C(=O)O)cc(C)c(O)c1C. The molecule has 0 unspecified atom stereocenters. The summed E-state index contributed by atoms with van der Waals surface area (Å²) < 4.78 is 0. The van der Waals surface area contributed by atoms with Crippen molar-refractivity contribution in [1.82, 2.24) is 0 Å². The molecule has 0 saturated carbocycles. The Morgan fingerprint density at radius 2 is 1.26 bits per heavy atom. The quantitative estimate of drug-likeness (QED) is 0.323. The summed E-state index contributed by atoms with van der Waals surface area (Å²) in [5, 5.41) is 40.8. The van der Waals surface area contributed by atoms with Crippen LogP contribution in [0.2, 0.25) is 0 Å². The standard InChI is InChI=1S/C28H30O6/c1-6-7-8-18-13-19(23-16(4)25(29)14(2)11-21(23)27(31)32)9-10-20(18)24-17(5)26(30)15(3)12-22(24)28(33)34/h9-13,29-30H,6-8H2,1-5H3,(H,31,32)(H,33,34). The van der Waals surface area contributed by atoms with E-state index in [0.717, 1.165) is 18.4 Å². The molecule has 0 fully saturated rings. The highest BCUT2D eigenvalue weighted by Gasteiger charge is 2.23. The van der Waals surface area contributed by atoms with Gasteiger partial charge in [0.15, 0.2) is 0 Å². The molecule has 6 nitrogen and oxygen atoms in total. The van der Waals surface area contributed by atoms with Crippen LogP contribution in [0.15, 0.2) is 30.3 Å². The Hall–Kier alpha value is -3.80. The summed E-state index contributed by atoms with van der Waals surface area (Å²) in [6, 6.07) is 8.34. The number of aromatic carboxylic acids is 2. The molecule has 4 N–H and O–H groups in total. The first-order valence-corrected chi connectivity index (χ1v) is 11.3. The molecule has 0 radical (unpaired) electrons. The van der Waals surface area contributed by atoms with Crippen LogP contribution in [-0.4, -0.2) is 32.4 Å². The van der Waals surface area contributed by atoms with Crippen LogP contribution in [0.3, 0.4) is 0 Å². The Kier molecular flexibility index (Phi) is 7.01. The Balaban J connectivity index is 2.36. The molecule has 0 aromatic heterocycles. The molecule has 0 aliphatic carbocycles. The zero-order valence-electron chi connectivity index (χ0n) is 20.1. The molecule has 0 amide bonds. The lowest BCUT2D eigenvalue weighted by molar-refractivity contribution is 0.0686. The van der Waals surface area contributed by atoms with Crippen LogP contribution in [0.25, 0.3) is 22.3 Å². The van der Waals surface area contributed by atoms with E-state index in [4.69, 9.17) is 0 Å². The van der Waals surface area contributed by atoms with Crippen molar-refractivity contribution < 1.29 is 30.0 Å². The van der Waals surface area contributed by atoms with Crippen molar-refractivity contribution in [3.8, 4) is 33.8 Å². The number of carboxylic acid groups (broad SMARTS) is 2. The average molecular weight is 463 g/mol. The van der Waals surface area contributed by atoms with Gasteiger partial charge in [0.25, 0.3) is 0 Å². The fourth-order valence-corrected chi connectivity index (χ4v) is 4.57. The number of phenols is 2. The van der Waals surface area contributed by atoms with Gasteiger partial charge >= 0.3 is 11.9 Å². The number of aryl methyl sites for hydroxylation is 3. The third-order valence-electron chi connectivity index (χ3n) is 6.39. The fourth-order valence-electron chi connectivity index (χ4n) is 4.57. The molecule has 6 heteroatoms. The molecule has 0 heterocycles. The molecule has 3 aromatic carbocycles. The number of phenolic OH excluding ortho intramolecular Hbond substituents is 2. The lowest BCUT2D eigenvalue weighted by Gasteiger charge is -2.20. The van der Waals surface area contributed by atoms with Crippen LogP contribution in [-0.2, 0) is 6.42 Å². The van der Waals surface area contributed by atoms with E-state index in [-0.39, 0.29) is 22.6 Å². The third-order valence-corrected chi connectivity index (χ3v) is 6.39. The zero-order chi connectivity index (χ0) is 25.3. The number of carboxylic acids is 2. The van der Waals surface area contributed by atoms with Gasteiger partial charge in [-0.3, -0.25) is 0 Å². The Bertz CT molecular complexity index is 1300. The van der Waals surface area contributed by atoms with E-state index in [2.05, 4.69) is 6.92 Å². The second-order valence-corrected chi connectivity index (χ2v) is 8.77. The molecular weight excluding hydrogens is 432 g/mol. The fraction of sp³-hybridized carbons (Fsp3) is 0.286. The summed E-state index contributed by atoms with van der Waals surface area (Å²) in [6.07, 6.45) is 2.41. The lowest BCUT2D eigenvalue weighted by Crippen LogP contribution is -2.06. The number of benzene rings is 3. The van der Waals surface area contributed by atoms with Gasteiger partial charge in [0.1, 0.15) is 11.5 Å². The molecule has 3 rings (SSSR count). The zero-order valence-corrected chi connectivity index (χ0v) is 20.1. The second kappa shape index (κ2) is 9.59. The van der Waals surface area contributed by atoms with Crippen molar-refractivity contribution in [2.24, 2.45) is 0 Å². The number of hydrogen-bond donors (Lipinski definition) is 4. The van der Waals surface area contributed by atoms with Crippen molar-refractivity contribution in [2.45, 2.75) is 53.9 Å². The van der Waals surface area contributed by atoms with E-state index in [1.54, 1.807) is 39.8 Å². The number of hydrogen-bond acceptors (Lipinski definition) is 4. The molecule has 0 bridgehead atoms. The van der Waals surface area contributed by atoms with Crippen LogP contribution in [0, 0.1) is 27.7 Å². The van der Waals surface area contributed by atoms with Gasteiger partial charge in [0.05, 0.1) is 11.1 Å².